The number of cyclic esters (lactones) is 1. The third-order valence-electron chi connectivity index (χ3n) is 2.60. The molecule has 1 fully saturated rings. The van der Waals surface area contributed by atoms with E-state index in [9.17, 15) is 9.59 Å². The van der Waals surface area contributed by atoms with Gasteiger partial charge in [-0.2, -0.15) is 0 Å². The summed E-state index contributed by atoms with van der Waals surface area (Å²) in [6.45, 7) is 1.83. The Bertz CT molecular complexity index is 464. The summed E-state index contributed by atoms with van der Waals surface area (Å²) >= 11 is 5.80. The van der Waals surface area contributed by atoms with Gasteiger partial charge in [-0.25, -0.2) is 4.79 Å². The van der Waals surface area contributed by atoms with Crippen molar-refractivity contribution in [3.63, 3.8) is 0 Å². The topological polar surface area (TPSA) is 58.6 Å². The Morgan fingerprint density at radius 2 is 2.33 bits per heavy atom. The van der Waals surface area contributed by atoms with Gasteiger partial charge in [-0.05, 0) is 18.2 Å². The predicted octanol–water partition coefficient (Wildman–Crippen LogP) is 1.52. The number of carbonyl (C=O) groups excluding carboxylic acids is 2. The summed E-state index contributed by atoms with van der Waals surface area (Å²) in [4.78, 5) is 24.4. The van der Waals surface area contributed by atoms with Crippen LogP contribution in [0.2, 0.25) is 5.02 Å². The molecular formula is C12H13ClN2O3. The Balaban J connectivity index is 1.80. The van der Waals surface area contributed by atoms with Gasteiger partial charge in [0.2, 0.25) is 0 Å². The number of halogens is 1. The highest BCUT2D eigenvalue weighted by Crippen LogP contribution is 2.10. The fourth-order valence-electron chi connectivity index (χ4n) is 1.66. The van der Waals surface area contributed by atoms with Gasteiger partial charge in [-0.1, -0.05) is 17.7 Å². The lowest BCUT2D eigenvalue weighted by molar-refractivity contribution is 0.0949. The molecule has 96 valence electrons. The van der Waals surface area contributed by atoms with Crippen LogP contribution >= 0.6 is 11.6 Å². The Morgan fingerprint density at radius 1 is 1.50 bits per heavy atom. The van der Waals surface area contributed by atoms with E-state index in [1.807, 2.05) is 0 Å². The second-order valence-electron chi connectivity index (χ2n) is 3.87. The fourth-order valence-corrected chi connectivity index (χ4v) is 1.86. The quantitative estimate of drug-likeness (QED) is 0.901. The summed E-state index contributed by atoms with van der Waals surface area (Å²) < 4.78 is 4.78. The maximum atomic E-state index is 11.7. The lowest BCUT2D eigenvalue weighted by Gasteiger charge is -2.12. The van der Waals surface area contributed by atoms with E-state index in [4.69, 9.17) is 16.3 Å². The standard InChI is InChI=1S/C12H13ClN2O3/c13-10-3-1-2-9(8-10)11(16)14-4-5-15-6-7-18-12(15)17/h1-3,8H,4-7H2,(H,14,16). The van der Waals surface area contributed by atoms with Crippen LogP contribution in [0.4, 0.5) is 4.79 Å². The molecule has 18 heavy (non-hydrogen) atoms. The molecule has 0 saturated carbocycles. The SMILES string of the molecule is O=C(NCCN1CCOC1=O)c1cccc(Cl)c1. The Labute approximate surface area is 110 Å². The molecular weight excluding hydrogens is 256 g/mol. The molecule has 2 rings (SSSR count). The molecule has 0 bridgehead atoms. The van der Waals surface area contributed by atoms with Crippen LogP contribution < -0.4 is 5.32 Å². The molecule has 0 radical (unpaired) electrons. The molecule has 0 spiro atoms. The van der Waals surface area contributed by atoms with E-state index in [1.165, 1.54) is 0 Å². The van der Waals surface area contributed by atoms with Crippen molar-refractivity contribution in [2.24, 2.45) is 0 Å². The third-order valence-corrected chi connectivity index (χ3v) is 2.83. The molecule has 0 unspecified atom stereocenters. The van der Waals surface area contributed by atoms with Crippen LogP contribution in [0.3, 0.4) is 0 Å². The zero-order valence-corrected chi connectivity index (χ0v) is 10.4. The van der Waals surface area contributed by atoms with Crippen molar-refractivity contribution in [1.82, 2.24) is 10.2 Å². The summed E-state index contributed by atoms with van der Waals surface area (Å²) in [7, 11) is 0. The largest absolute Gasteiger partial charge is 0.448 e. The lowest BCUT2D eigenvalue weighted by Crippen LogP contribution is -2.35. The van der Waals surface area contributed by atoms with Gasteiger partial charge in [-0.15, -0.1) is 0 Å². The second-order valence-corrected chi connectivity index (χ2v) is 4.30. The lowest BCUT2D eigenvalue weighted by atomic mass is 10.2. The first kappa shape index (κ1) is 12.7. The molecule has 1 aliphatic heterocycles. The molecule has 0 aromatic heterocycles. The number of benzene rings is 1. The molecule has 1 aromatic rings. The van der Waals surface area contributed by atoms with E-state index < -0.39 is 0 Å². The van der Waals surface area contributed by atoms with Gasteiger partial charge < -0.3 is 15.0 Å². The Morgan fingerprint density at radius 3 is 3.00 bits per heavy atom. The first-order valence-corrected chi connectivity index (χ1v) is 6.00. The summed E-state index contributed by atoms with van der Waals surface area (Å²) in [5, 5.41) is 3.25. The van der Waals surface area contributed by atoms with Crippen LogP contribution in [0.15, 0.2) is 24.3 Å². The number of carbonyl (C=O) groups is 2. The van der Waals surface area contributed by atoms with Gasteiger partial charge in [0.25, 0.3) is 5.91 Å². The van der Waals surface area contributed by atoms with Crippen molar-refractivity contribution < 1.29 is 14.3 Å². The number of nitrogens with one attached hydrogen (secondary N) is 1. The van der Waals surface area contributed by atoms with Crippen LogP contribution in [-0.2, 0) is 4.74 Å². The highest BCUT2D eigenvalue weighted by molar-refractivity contribution is 6.30. The normalized spacial score (nSPS) is 14.5. The number of hydrogen-bond acceptors (Lipinski definition) is 3. The minimum absolute atomic E-state index is 0.204. The van der Waals surface area contributed by atoms with E-state index in [0.717, 1.165) is 0 Å². The zero-order chi connectivity index (χ0) is 13.0. The fraction of sp³-hybridized carbons (Fsp3) is 0.333. The van der Waals surface area contributed by atoms with Crippen molar-refractivity contribution in [3.05, 3.63) is 34.9 Å². The van der Waals surface area contributed by atoms with Gasteiger partial charge >= 0.3 is 6.09 Å². The van der Waals surface area contributed by atoms with Gasteiger partial charge in [0.05, 0.1) is 6.54 Å². The minimum atomic E-state index is -0.327. The van der Waals surface area contributed by atoms with Crippen molar-refractivity contribution in [2.45, 2.75) is 0 Å². The van der Waals surface area contributed by atoms with E-state index >= 15 is 0 Å². The monoisotopic (exact) mass is 268 g/mol. The first-order chi connectivity index (χ1) is 8.66. The number of hydrogen-bond donors (Lipinski definition) is 1. The smallest absolute Gasteiger partial charge is 0.409 e. The molecule has 6 heteroatoms. The van der Waals surface area contributed by atoms with E-state index in [-0.39, 0.29) is 12.0 Å². The van der Waals surface area contributed by atoms with Crippen molar-refractivity contribution >= 4 is 23.6 Å². The minimum Gasteiger partial charge on any atom is -0.448 e. The van der Waals surface area contributed by atoms with Gasteiger partial charge in [-0.3, -0.25) is 4.79 Å². The van der Waals surface area contributed by atoms with Gasteiger partial charge in [0.1, 0.15) is 6.61 Å². The Hall–Kier alpha value is -1.75. The average Bonchev–Trinajstić information content (AvgIpc) is 2.75. The van der Waals surface area contributed by atoms with Crippen LogP contribution in [0.5, 0.6) is 0 Å². The van der Waals surface area contributed by atoms with Crippen molar-refractivity contribution in [1.29, 1.82) is 0 Å². The van der Waals surface area contributed by atoms with Crippen molar-refractivity contribution in [2.75, 3.05) is 26.2 Å². The van der Waals surface area contributed by atoms with Crippen LogP contribution in [0, 0.1) is 0 Å². The number of ether oxygens (including phenoxy) is 1. The highest BCUT2D eigenvalue weighted by atomic mass is 35.5. The average molecular weight is 269 g/mol. The zero-order valence-electron chi connectivity index (χ0n) is 9.69. The van der Waals surface area contributed by atoms with Crippen LogP contribution in [-0.4, -0.2) is 43.1 Å². The molecule has 1 aliphatic rings. The molecule has 0 aliphatic carbocycles. The predicted molar refractivity (Wildman–Crippen MR) is 66.7 cm³/mol. The number of rotatable bonds is 4. The van der Waals surface area contributed by atoms with Crippen LogP contribution in [0.25, 0.3) is 0 Å². The van der Waals surface area contributed by atoms with Crippen LogP contribution in [0.1, 0.15) is 10.4 Å². The number of amides is 2. The molecule has 1 heterocycles. The molecule has 1 saturated heterocycles. The molecule has 5 nitrogen and oxygen atoms in total. The Kier molecular flexibility index (Phi) is 4.04. The van der Waals surface area contributed by atoms with Crippen molar-refractivity contribution in [3.8, 4) is 0 Å². The molecule has 1 aromatic carbocycles. The second kappa shape index (κ2) is 5.73. The number of nitrogens with zero attached hydrogens (tertiary/aromatic N) is 1. The highest BCUT2D eigenvalue weighted by Gasteiger charge is 2.21. The molecule has 1 N–H and O–H groups in total. The third kappa shape index (κ3) is 3.13. The maximum Gasteiger partial charge on any atom is 0.409 e. The van der Waals surface area contributed by atoms with E-state index in [2.05, 4.69) is 5.32 Å². The summed E-state index contributed by atoms with van der Waals surface area (Å²) in [6, 6.07) is 6.71. The molecule has 0 atom stereocenters. The molecule has 2 amide bonds. The first-order valence-electron chi connectivity index (χ1n) is 5.62. The van der Waals surface area contributed by atoms with Gasteiger partial charge in [0, 0.05) is 23.7 Å². The summed E-state index contributed by atoms with van der Waals surface area (Å²) in [6.07, 6.45) is -0.327. The maximum absolute atomic E-state index is 11.7. The van der Waals surface area contributed by atoms with E-state index in [1.54, 1.807) is 29.2 Å². The van der Waals surface area contributed by atoms with E-state index in [0.29, 0.717) is 36.8 Å². The van der Waals surface area contributed by atoms with Gasteiger partial charge in [0.15, 0.2) is 0 Å². The summed E-state index contributed by atoms with van der Waals surface area (Å²) in [5.74, 6) is -0.204. The summed E-state index contributed by atoms with van der Waals surface area (Å²) in [5.41, 5.74) is 0.506.